The Morgan fingerprint density at radius 2 is 1.05 bits per heavy atom. The van der Waals surface area contributed by atoms with Crippen LogP contribution in [-0.4, -0.2) is 62.3 Å². The molecule has 0 N–H and O–H groups in total. The molecule has 1 aromatic heterocycles. The Morgan fingerprint density at radius 3 is 1.44 bits per heavy atom. The molecule has 0 amide bonds. The van der Waals surface area contributed by atoms with Gasteiger partial charge >= 0.3 is 0 Å². The molecule has 0 radical (unpaired) electrons. The minimum Gasteiger partial charge on any atom is -0.490 e. The first-order valence-electron chi connectivity index (χ1n) is 14.5. The Hall–Kier alpha value is -2.71. The van der Waals surface area contributed by atoms with Crippen LogP contribution in [0.5, 0.6) is 11.5 Å². The first kappa shape index (κ1) is 30.8. The highest BCUT2D eigenvalue weighted by molar-refractivity contribution is 5.91. The third-order valence-electron chi connectivity index (χ3n) is 7.36. The summed E-state index contributed by atoms with van der Waals surface area (Å²) in [4.78, 5) is 17.7. The Bertz CT molecular complexity index is 1150. The van der Waals surface area contributed by atoms with Gasteiger partial charge in [0.05, 0.1) is 24.0 Å². The molecule has 0 atom stereocenters. The van der Waals surface area contributed by atoms with Crippen LogP contribution >= 0.6 is 0 Å². The lowest BCUT2D eigenvalue weighted by atomic mass is 10.1. The van der Waals surface area contributed by atoms with E-state index in [-0.39, 0.29) is 33.4 Å². The summed E-state index contributed by atoms with van der Waals surface area (Å²) >= 11 is 0. The zero-order valence-electron chi connectivity index (χ0n) is 24.0. The average molecular weight is 547 g/mol. The summed E-state index contributed by atoms with van der Waals surface area (Å²) in [7, 11) is 0. The number of halogens is 2. The molecule has 8 heteroatoms. The standard InChI is InChI=1S/C31H44F2N2O4/c1-5-34(6-2)19-11-9-13-21-37-25-17-15-23-29(36)24-16-18-26(28(33)31(24)39-30(23)27(25)32)38-22-14-10-12-20-35(7-3)8-4/h15-18H,5-14,19-22H2,1-4H3. The lowest BCUT2D eigenvalue weighted by Gasteiger charge is -2.17. The Balaban J connectivity index is 1.65. The van der Waals surface area contributed by atoms with Crippen molar-refractivity contribution in [3.63, 3.8) is 0 Å². The second-order valence-corrected chi connectivity index (χ2v) is 9.81. The molecule has 0 saturated carbocycles. The molecule has 0 aliphatic heterocycles. The monoisotopic (exact) mass is 546 g/mol. The van der Waals surface area contributed by atoms with Gasteiger partial charge in [-0.15, -0.1) is 0 Å². The van der Waals surface area contributed by atoms with Gasteiger partial charge in [0.25, 0.3) is 0 Å². The summed E-state index contributed by atoms with van der Waals surface area (Å²) < 4.78 is 47.5. The van der Waals surface area contributed by atoms with Crippen molar-refractivity contribution in [1.82, 2.24) is 9.80 Å². The summed E-state index contributed by atoms with van der Waals surface area (Å²) in [6.07, 6.45) is 5.60. The van der Waals surface area contributed by atoms with E-state index in [0.717, 1.165) is 77.8 Å². The average Bonchev–Trinajstić information content (AvgIpc) is 2.95. The van der Waals surface area contributed by atoms with Gasteiger partial charge in [-0.25, -0.2) is 0 Å². The van der Waals surface area contributed by atoms with Crippen LogP contribution in [0.25, 0.3) is 21.9 Å². The van der Waals surface area contributed by atoms with Crippen LogP contribution in [0.4, 0.5) is 8.78 Å². The molecular formula is C31H44F2N2O4. The van der Waals surface area contributed by atoms with Gasteiger partial charge < -0.3 is 23.7 Å². The normalized spacial score (nSPS) is 11.8. The van der Waals surface area contributed by atoms with Gasteiger partial charge in [0, 0.05) is 0 Å². The maximum Gasteiger partial charge on any atom is 0.208 e. The van der Waals surface area contributed by atoms with Crippen LogP contribution in [0.3, 0.4) is 0 Å². The molecule has 6 nitrogen and oxygen atoms in total. The second kappa shape index (κ2) is 15.8. The van der Waals surface area contributed by atoms with E-state index in [1.54, 1.807) is 0 Å². The molecule has 0 spiro atoms. The minimum absolute atomic E-state index is 0.00809. The summed E-state index contributed by atoms with van der Waals surface area (Å²) in [5.41, 5.74) is -1.10. The highest BCUT2D eigenvalue weighted by atomic mass is 19.1. The highest BCUT2D eigenvalue weighted by Gasteiger charge is 2.20. The van der Waals surface area contributed by atoms with E-state index in [1.807, 2.05) is 0 Å². The molecular weight excluding hydrogens is 502 g/mol. The molecule has 0 saturated heterocycles. The SMILES string of the molecule is CCN(CC)CCCCCOc1ccc2c(=O)c3ccc(OCCCCCN(CC)CC)c(F)c3oc2c1F. The predicted molar refractivity (Wildman–Crippen MR) is 154 cm³/mol. The van der Waals surface area contributed by atoms with Gasteiger partial charge in [-0.1, -0.05) is 27.7 Å². The zero-order valence-corrected chi connectivity index (χ0v) is 24.0. The number of unbranched alkanes of at least 4 members (excludes halogenated alkanes) is 4. The maximum atomic E-state index is 15.3. The lowest BCUT2D eigenvalue weighted by Crippen LogP contribution is -2.23. The Kier molecular flexibility index (Phi) is 12.5. The molecule has 0 aliphatic rings. The molecule has 0 aliphatic carbocycles. The van der Waals surface area contributed by atoms with Crippen LogP contribution in [-0.2, 0) is 0 Å². The number of benzene rings is 2. The number of hydrogen-bond donors (Lipinski definition) is 0. The fraction of sp³-hybridized carbons (Fsp3) is 0.581. The van der Waals surface area contributed by atoms with E-state index in [2.05, 4.69) is 37.5 Å². The van der Waals surface area contributed by atoms with Crippen molar-refractivity contribution in [3.8, 4) is 11.5 Å². The third kappa shape index (κ3) is 8.15. The third-order valence-corrected chi connectivity index (χ3v) is 7.36. The molecule has 216 valence electrons. The highest BCUT2D eigenvalue weighted by Crippen LogP contribution is 2.31. The van der Waals surface area contributed by atoms with Crippen LogP contribution < -0.4 is 14.9 Å². The van der Waals surface area contributed by atoms with E-state index in [0.29, 0.717) is 13.2 Å². The van der Waals surface area contributed by atoms with Gasteiger partial charge in [0.2, 0.25) is 17.1 Å². The van der Waals surface area contributed by atoms with Crippen molar-refractivity contribution in [2.75, 3.05) is 52.5 Å². The molecule has 0 fully saturated rings. The van der Waals surface area contributed by atoms with E-state index >= 15 is 8.78 Å². The number of fused-ring (bicyclic) bond motifs is 2. The smallest absolute Gasteiger partial charge is 0.208 e. The topological polar surface area (TPSA) is 55.1 Å². The van der Waals surface area contributed by atoms with E-state index in [9.17, 15) is 4.79 Å². The summed E-state index contributed by atoms with van der Waals surface area (Å²) in [6.45, 7) is 15.5. The quantitative estimate of drug-likeness (QED) is 0.126. The van der Waals surface area contributed by atoms with Crippen molar-refractivity contribution in [2.24, 2.45) is 0 Å². The van der Waals surface area contributed by atoms with Gasteiger partial charge in [0.1, 0.15) is 0 Å². The van der Waals surface area contributed by atoms with Crippen LogP contribution in [0.15, 0.2) is 33.5 Å². The van der Waals surface area contributed by atoms with Crippen molar-refractivity contribution >= 4 is 21.9 Å². The lowest BCUT2D eigenvalue weighted by molar-refractivity contribution is 0.271. The van der Waals surface area contributed by atoms with Crippen molar-refractivity contribution in [3.05, 3.63) is 46.1 Å². The summed E-state index contributed by atoms with van der Waals surface area (Å²) in [6, 6.07) is 5.81. The fourth-order valence-electron chi connectivity index (χ4n) is 4.78. The zero-order chi connectivity index (χ0) is 28.2. The van der Waals surface area contributed by atoms with Gasteiger partial charge in [-0.05, 0) is 102 Å². The van der Waals surface area contributed by atoms with Crippen LogP contribution in [0.2, 0.25) is 0 Å². The number of ether oxygens (including phenoxy) is 2. The van der Waals surface area contributed by atoms with Crippen molar-refractivity contribution in [1.29, 1.82) is 0 Å². The van der Waals surface area contributed by atoms with E-state index in [4.69, 9.17) is 13.9 Å². The number of nitrogens with zero attached hydrogens (tertiary/aromatic N) is 2. The van der Waals surface area contributed by atoms with Gasteiger partial charge in [0.15, 0.2) is 22.7 Å². The molecule has 3 aromatic rings. The van der Waals surface area contributed by atoms with Crippen molar-refractivity contribution < 1.29 is 22.7 Å². The van der Waals surface area contributed by atoms with Crippen LogP contribution in [0.1, 0.15) is 66.2 Å². The van der Waals surface area contributed by atoms with E-state index in [1.165, 1.54) is 24.3 Å². The van der Waals surface area contributed by atoms with E-state index < -0.39 is 17.1 Å². The molecule has 1 heterocycles. The molecule has 2 aromatic carbocycles. The molecule has 3 rings (SSSR count). The molecule has 0 bridgehead atoms. The summed E-state index contributed by atoms with van der Waals surface area (Å²) in [5, 5.41) is 0.0979. The summed E-state index contributed by atoms with van der Waals surface area (Å²) in [5.74, 6) is -1.61. The van der Waals surface area contributed by atoms with Gasteiger partial charge in [-0.2, -0.15) is 8.78 Å². The largest absolute Gasteiger partial charge is 0.490 e. The number of hydrogen-bond acceptors (Lipinski definition) is 6. The maximum absolute atomic E-state index is 15.3. The predicted octanol–water partition coefficient (Wildman–Crippen LogP) is 7.01. The fourth-order valence-corrected chi connectivity index (χ4v) is 4.78. The first-order chi connectivity index (χ1) is 18.9. The van der Waals surface area contributed by atoms with Crippen LogP contribution in [0, 0.1) is 11.6 Å². The molecule has 0 unspecified atom stereocenters. The Labute approximate surface area is 230 Å². The minimum atomic E-state index is -0.798. The molecule has 39 heavy (non-hydrogen) atoms. The first-order valence-corrected chi connectivity index (χ1v) is 14.5. The second-order valence-electron chi connectivity index (χ2n) is 9.81. The number of rotatable bonds is 18. The van der Waals surface area contributed by atoms with Crippen molar-refractivity contribution in [2.45, 2.75) is 66.2 Å². The van der Waals surface area contributed by atoms with Gasteiger partial charge in [-0.3, -0.25) is 4.79 Å². The Morgan fingerprint density at radius 1 is 0.641 bits per heavy atom.